The highest BCUT2D eigenvalue weighted by Gasteiger charge is 2.47. The molecule has 0 spiro atoms. The van der Waals surface area contributed by atoms with Gasteiger partial charge in [0.25, 0.3) is 0 Å². The van der Waals surface area contributed by atoms with Gasteiger partial charge in [-0.3, -0.25) is 14.5 Å². The zero-order chi connectivity index (χ0) is 12.7. The van der Waals surface area contributed by atoms with Gasteiger partial charge in [0.2, 0.25) is 11.8 Å². The molecule has 4 heteroatoms. The second-order valence-electron chi connectivity index (χ2n) is 5.78. The van der Waals surface area contributed by atoms with Gasteiger partial charge in [0.1, 0.15) is 0 Å². The molecule has 2 fully saturated rings. The maximum absolute atomic E-state index is 12.2. The molecule has 2 amide bonds. The number of hydrogen-bond donors (Lipinski definition) is 1. The maximum atomic E-state index is 12.2. The number of nitrogens with zero attached hydrogens (tertiary/aromatic N) is 1. The summed E-state index contributed by atoms with van der Waals surface area (Å²) in [6.07, 6.45) is 7.64. The van der Waals surface area contributed by atoms with Gasteiger partial charge in [-0.1, -0.05) is 12.2 Å². The Balaban J connectivity index is 1.70. The number of fused-ring (bicyclic) bond motifs is 1. The molecule has 1 saturated carbocycles. The fourth-order valence-electron chi connectivity index (χ4n) is 3.52. The Bertz CT molecular complexity index is 378. The van der Waals surface area contributed by atoms with Crippen LogP contribution in [0.1, 0.15) is 32.1 Å². The van der Waals surface area contributed by atoms with E-state index in [1.807, 2.05) is 12.2 Å². The Labute approximate surface area is 107 Å². The first-order chi connectivity index (χ1) is 8.66. The highest BCUT2D eigenvalue weighted by atomic mass is 16.3. The van der Waals surface area contributed by atoms with Gasteiger partial charge in [0.15, 0.2) is 0 Å². The predicted molar refractivity (Wildman–Crippen MR) is 65.4 cm³/mol. The molecule has 3 rings (SSSR count). The Morgan fingerprint density at radius 1 is 1.11 bits per heavy atom. The standard InChI is InChI=1S/C14H19NO3/c16-10-6-5-9(7-10)8-15-13(17)11-3-1-2-4-12(11)14(15)18/h1-2,9-12,16H,3-8H2/t9?,10?,11-,12+. The van der Waals surface area contributed by atoms with Gasteiger partial charge in [-0.15, -0.1) is 0 Å². The zero-order valence-corrected chi connectivity index (χ0v) is 10.4. The lowest BCUT2D eigenvalue weighted by Gasteiger charge is -2.19. The van der Waals surface area contributed by atoms with Crippen LogP contribution < -0.4 is 0 Å². The van der Waals surface area contributed by atoms with E-state index in [0.717, 1.165) is 19.3 Å². The number of aliphatic hydroxyl groups excluding tert-OH is 1. The van der Waals surface area contributed by atoms with Gasteiger partial charge in [-0.25, -0.2) is 0 Å². The van der Waals surface area contributed by atoms with Crippen molar-refractivity contribution >= 4 is 11.8 Å². The summed E-state index contributed by atoms with van der Waals surface area (Å²) in [5, 5.41) is 9.51. The molecule has 98 valence electrons. The zero-order valence-electron chi connectivity index (χ0n) is 10.4. The van der Waals surface area contributed by atoms with Crippen LogP contribution in [0.25, 0.3) is 0 Å². The number of hydrogen-bond acceptors (Lipinski definition) is 3. The number of aliphatic hydroxyl groups is 1. The number of carbonyl (C=O) groups excluding carboxylic acids is 2. The molecule has 1 saturated heterocycles. The van der Waals surface area contributed by atoms with Gasteiger partial charge in [0.05, 0.1) is 17.9 Å². The van der Waals surface area contributed by atoms with Crippen molar-refractivity contribution in [2.45, 2.75) is 38.2 Å². The summed E-state index contributed by atoms with van der Waals surface area (Å²) in [7, 11) is 0. The molecule has 0 radical (unpaired) electrons. The van der Waals surface area contributed by atoms with E-state index >= 15 is 0 Å². The summed E-state index contributed by atoms with van der Waals surface area (Å²) < 4.78 is 0. The third kappa shape index (κ3) is 1.88. The van der Waals surface area contributed by atoms with E-state index in [4.69, 9.17) is 0 Å². The minimum Gasteiger partial charge on any atom is -0.393 e. The molecule has 0 aromatic heterocycles. The van der Waals surface area contributed by atoms with Crippen LogP contribution in [0.5, 0.6) is 0 Å². The van der Waals surface area contributed by atoms with Crippen LogP contribution >= 0.6 is 0 Å². The van der Waals surface area contributed by atoms with Gasteiger partial charge >= 0.3 is 0 Å². The predicted octanol–water partition coefficient (Wildman–Crippen LogP) is 1.10. The van der Waals surface area contributed by atoms with Gasteiger partial charge < -0.3 is 5.11 Å². The van der Waals surface area contributed by atoms with Crippen LogP contribution in [0, 0.1) is 17.8 Å². The molecule has 18 heavy (non-hydrogen) atoms. The Kier molecular flexibility index (Phi) is 2.98. The van der Waals surface area contributed by atoms with E-state index in [-0.39, 0.29) is 29.8 Å². The molecular weight excluding hydrogens is 230 g/mol. The van der Waals surface area contributed by atoms with Crippen LogP contribution in [0.4, 0.5) is 0 Å². The van der Waals surface area contributed by atoms with Crippen molar-refractivity contribution in [3.05, 3.63) is 12.2 Å². The topological polar surface area (TPSA) is 57.6 Å². The molecule has 2 unspecified atom stereocenters. The van der Waals surface area contributed by atoms with Crippen LogP contribution in [0.3, 0.4) is 0 Å². The fourth-order valence-corrected chi connectivity index (χ4v) is 3.52. The van der Waals surface area contributed by atoms with Crippen molar-refractivity contribution in [2.24, 2.45) is 17.8 Å². The number of amides is 2. The highest BCUT2D eigenvalue weighted by Crippen LogP contribution is 2.36. The van der Waals surface area contributed by atoms with Crippen molar-refractivity contribution in [3.63, 3.8) is 0 Å². The molecular formula is C14H19NO3. The van der Waals surface area contributed by atoms with Gasteiger partial charge in [0, 0.05) is 6.54 Å². The van der Waals surface area contributed by atoms with E-state index in [0.29, 0.717) is 25.3 Å². The number of allylic oxidation sites excluding steroid dienone is 2. The third-order valence-electron chi connectivity index (χ3n) is 4.55. The van der Waals surface area contributed by atoms with E-state index in [1.165, 1.54) is 4.90 Å². The molecule has 0 aromatic carbocycles. The first-order valence-corrected chi connectivity index (χ1v) is 6.85. The number of imide groups is 1. The number of rotatable bonds is 2. The van der Waals surface area contributed by atoms with Crippen LogP contribution in [-0.2, 0) is 9.59 Å². The summed E-state index contributed by atoms with van der Waals surface area (Å²) in [5.41, 5.74) is 0. The number of carbonyl (C=O) groups is 2. The largest absolute Gasteiger partial charge is 0.393 e. The maximum Gasteiger partial charge on any atom is 0.233 e. The molecule has 3 aliphatic rings. The summed E-state index contributed by atoms with van der Waals surface area (Å²) in [6, 6.07) is 0. The lowest BCUT2D eigenvalue weighted by atomic mass is 9.85. The third-order valence-corrected chi connectivity index (χ3v) is 4.55. The van der Waals surface area contributed by atoms with Crippen molar-refractivity contribution in [1.82, 2.24) is 4.90 Å². The molecule has 0 aromatic rings. The van der Waals surface area contributed by atoms with E-state index < -0.39 is 0 Å². The SMILES string of the molecule is O=C1[C@H]2CC=CC[C@H]2C(=O)N1CC1CCC(O)C1. The molecule has 0 bridgehead atoms. The Morgan fingerprint density at radius 2 is 1.72 bits per heavy atom. The van der Waals surface area contributed by atoms with Crippen molar-refractivity contribution in [2.75, 3.05) is 6.54 Å². The van der Waals surface area contributed by atoms with Crippen molar-refractivity contribution in [1.29, 1.82) is 0 Å². The second-order valence-corrected chi connectivity index (χ2v) is 5.78. The molecule has 1 N–H and O–H groups in total. The fraction of sp³-hybridized carbons (Fsp3) is 0.714. The average Bonchev–Trinajstić information content (AvgIpc) is 2.88. The monoisotopic (exact) mass is 249 g/mol. The lowest BCUT2D eigenvalue weighted by Crippen LogP contribution is -2.35. The van der Waals surface area contributed by atoms with Gasteiger partial charge in [-0.2, -0.15) is 0 Å². The Morgan fingerprint density at radius 3 is 2.22 bits per heavy atom. The number of likely N-dealkylation sites (tertiary alicyclic amines) is 1. The van der Waals surface area contributed by atoms with E-state index in [2.05, 4.69) is 0 Å². The summed E-state index contributed by atoms with van der Waals surface area (Å²) in [4.78, 5) is 25.9. The second kappa shape index (κ2) is 4.50. The summed E-state index contributed by atoms with van der Waals surface area (Å²) in [6.45, 7) is 0.516. The summed E-state index contributed by atoms with van der Waals surface area (Å²) >= 11 is 0. The van der Waals surface area contributed by atoms with E-state index in [9.17, 15) is 14.7 Å². The molecule has 4 atom stereocenters. The Hall–Kier alpha value is -1.16. The quantitative estimate of drug-likeness (QED) is 0.589. The van der Waals surface area contributed by atoms with E-state index in [1.54, 1.807) is 0 Å². The minimum absolute atomic E-state index is 0.00994. The smallest absolute Gasteiger partial charge is 0.233 e. The molecule has 4 nitrogen and oxygen atoms in total. The lowest BCUT2D eigenvalue weighted by molar-refractivity contribution is -0.140. The minimum atomic E-state index is -0.244. The van der Waals surface area contributed by atoms with Crippen LogP contribution in [0.15, 0.2) is 12.2 Å². The van der Waals surface area contributed by atoms with Crippen LogP contribution in [0.2, 0.25) is 0 Å². The molecule has 1 aliphatic heterocycles. The van der Waals surface area contributed by atoms with Gasteiger partial charge in [-0.05, 0) is 38.0 Å². The normalized spacial score (nSPS) is 39.5. The molecule has 1 heterocycles. The van der Waals surface area contributed by atoms with Crippen molar-refractivity contribution in [3.8, 4) is 0 Å². The average molecular weight is 249 g/mol. The molecule has 2 aliphatic carbocycles. The van der Waals surface area contributed by atoms with Crippen LogP contribution in [-0.4, -0.2) is 34.5 Å². The summed E-state index contributed by atoms with van der Waals surface area (Å²) in [5.74, 6) is 0.0788. The van der Waals surface area contributed by atoms with Crippen molar-refractivity contribution < 1.29 is 14.7 Å². The highest BCUT2D eigenvalue weighted by molar-refractivity contribution is 6.05. The first kappa shape index (κ1) is 11.9. The first-order valence-electron chi connectivity index (χ1n) is 6.85.